The van der Waals surface area contributed by atoms with E-state index in [2.05, 4.69) is 10.6 Å². The van der Waals surface area contributed by atoms with Crippen LogP contribution in [0.4, 0.5) is 10.5 Å². The number of ether oxygens (including phenoxy) is 1. The maximum absolute atomic E-state index is 11.6. The van der Waals surface area contributed by atoms with Crippen LogP contribution in [0, 0.1) is 0 Å². The van der Waals surface area contributed by atoms with Crippen LogP contribution in [-0.4, -0.2) is 18.9 Å². The molecule has 2 rings (SSSR count). The molecule has 0 spiro atoms. The Morgan fingerprint density at radius 3 is 2.94 bits per heavy atom. The maximum Gasteiger partial charge on any atom is 0.321 e. The van der Waals surface area contributed by atoms with E-state index in [1.54, 1.807) is 18.2 Å². The summed E-state index contributed by atoms with van der Waals surface area (Å²) in [6, 6.07) is 4.72. The van der Waals surface area contributed by atoms with Crippen molar-refractivity contribution in [3.05, 3.63) is 28.2 Å². The minimum absolute atomic E-state index is 0.215. The monoisotopic (exact) mass is 274 g/mol. The summed E-state index contributed by atoms with van der Waals surface area (Å²) in [6.07, 6.45) is 1.58. The highest BCUT2D eigenvalue weighted by molar-refractivity contribution is 6.43. The van der Waals surface area contributed by atoms with Gasteiger partial charge in [-0.1, -0.05) is 29.3 Å². The molecule has 1 aliphatic rings. The average molecular weight is 275 g/mol. The van der Waals surface area contributed by atoms with Crippen molar-refractivity contribution in [2.24, 2.45) is 0 Å². The Bertz CT molecular complexity index is 420. The van der Waals surface area contributed by atoms with Crippen LogP contribution in [0.25, 0.3) is 0 Å². The normalized spacial score (nSPS) is 19.1. The molecule has 1 atom stereocenters. The fourth-order valence-corrected chi connectivity index (χ4v) is 1.94. The number of amides is 2. The van der Waals surface area contributed by atoms with Gasteiger partial charge in [-0.3, -0.25) is 0 Å². The van der Waals surface area contributed by atoms with Gasteiger partial charge in [0.05, 0.1) is 15.7 Å². The first-order valence-electron chi connectivity index (χ1n) is 5.30. The second-order valence-corrected chi connectivity index (χ2v) is 4.49. The fourth-order valence-electron chi connectivity index (χ4n) is 1.60. The van der Waals surface area contributed by atoms with Gasteiger partial charge >= 0.3 is 6.03 Å². The van der Waals surface area contributed by atoms with Gasteiger partial charge in [-0.25, -0.2) is 4.79 Å². The van der Waals surface area contributed by atoms with Crippen LogP contribution in [0.15, 0.2) is 18.2 Å². The Balaban J connectivity index is 1.95. The fraction of sp³-hybridized carbons (Fsp3) is 0.364. The summed E-state index contributed by atoms with van der Waals surface area (Å²) in [4.78, 5) is 11.6. The molecule has 0 aromatic heterocycles. The molecule has 0 radical (unpaired) electrons. The van der Waals surface area contributed by atoms with E-state index in [9.17, 15) is 4.79 Å². The van der Waals surface area contributed by atoms with Gasteiger partial charge in [0.25, 0.3) is 0 Å². The summed E-state index contributed by atoms with van der Waals surface area (Å²) in [5.41, 5.74) is 0.481. The van der Waals surface area contributed by atoms with E-state index in [0.29, 0.717) is 22.3 Å². The summed E-state index contributed by atoms with van der Waals surface area (Å²) < 4.78 is 5.28. The van der Waals surface area contributed by atoms with E-state index in [1.165, 1.54) is 0 Å². The summed E-state index contributed by atoms with van der Waals surface area (Å²) in [6.45, 7) is 0.683. The van der Waals surface area contributed by atoms with Gasteiger partial charge in [-0.15, -0.1) is 0 Å². The summed E-state index contributed by atoms with van der Waals surface area (Å²) in [5, 5.41) is 6.07. The highest BCUT2D eigenvalue weighted by Gasteiger charge is 2.18. The van der Waals surface area contributed by atoms with Gasteiger partial charge in [0, 0.05) is 6.61 Å². The maximum atomic E-state index is 11.6. The van der Waals surface area contributed by atoms with Crippen molar-refractivity contribution in [1.82, 2.24) is 5.32 Å². The lowest BCUT2D eigenvalue weighted by atomic mass is 10.3. The summed E-state index contributed by atoms with van der Waals surface area (Å²) in [7, 11) is 0. The van der Waals surface area contributed by atoms with Crippen LogP contribution >= 0.6 is 23.2 Å². The molecule has 0 saturated carbocycles. The third kappa shape index (κ3) is 3.25. The zero-order chi connectivity index (χ0) is 12.3. The Hall–Kier alpha value is -0.970. The lowest BCUT2D eigenvalue weighted by Gasteiger charge is -2.13. The molecule has 1 aromatic rings. The number of hydrogen-bond donors (Lipinski definition) is 2. The highest BCUT2D eigenvalue weighted by Crippen LogP contribution is 2.29. The predicted octanol–water partition coefficient (Wildman–Crippen LogP) is 3.25. The van der Waals surface area contributed by atoms with Crippen molar-refractivity contribution in [3.8, 4) is 0 Å². The van der Waals surface area contributed by atoms with Gasteiger partial charge in [-0.2, -0.15) is 0 Å². The van der Waals surface area contributed by atoms with Crippen molar-refractivity contribution < 1.29 is 9.53 Å². The first kappa shape index (κ1) is 12.5. The van der Waals surface area contributed by atoms with Crippen molar-refractivity contribution in [2.45, 2.75) is 19.1 Å². The Kier molecular flexibility index (Phi) is 4.10. The zero-order valence-electron chi connectivity index (χ0n) is 9.00. The first-order chi connectivity index (χ1) is 8.16. The van der Waals surface area contributed by atoms with Crippen LogP contribution in [0.5, 0.6) is 0 Å². The minimum atomic E-state index is -0.346. The summed E-state index contributed by atoms with van der Waals surface area (Å²) in [5.74, 6) is 0. The molecule has 2 N–H and O–H groups in total. The molecule has 1 aliphatic heterocycles. The van der Waals surface area contributed by atoms with Crippen LogP contribution in [0.1, 0.15) is 12.8 Å². The molecule has 0 aliphatic carbocycles. The van der Waals surface area contributed by atoms with Crippen LogP contribution in [-0.2, 0) is 4.74 Å². The largest absolute Gasteiger partial charge is 0.358 e. The summed E-state index contributed by atoms with van der Waals surface area (Å²) >= 11 is 11.8. The molecule has 1 aromatic carbocycles. The van der Waals surface area contributed by atoms with Crippen molar-refractivity contribution in [3.63, 3.8) is 0 Å². The molecule has 1 unspecified atom stereocenters. The molecule has 2 amide bonds. The van der Waals surface area contributed by atoms with Gasteiger partial charge in [-0.05, 0) is 25.0 Å². The van der Waals surface area contributed by atoms with E-state index >= 15 is 0 Å². The van der Waals surface area contributed by atoms with Gasteiger partial charge < -0.3 is 15.4 Å². The molecule has 4 nitrogen and oxygen atoms in total. The number of benzene rings is 1. The highest BCUT2D eigenvalue weighted by atomic mass is 35.5. The Morgan fingerprint density at radius 1 is 1.41 bits per heavy atom. The van der Waals surface area contributed by atoms with E-state index < -0.39 is 0 Å². The van der Waals surface area contributed by atoms with Crippen LogP contribution < -0.4 is 10.6 Å². The SMILES string of the molecule is O=C(Nc1cccc(Cl)c1Cl)NC1CCCO1. The molecular weight excluding hydrogens is 263 g/mol. The molecule has 1 saturated heterocycles. The lowest BCUT2D eigenvalue weighted by molar-refractivity contribution is 0.0928. The second-order valence-electron chi connectivity index (χ2n) is 3.70. The van der Waals surface area contributed by atoms with Crippen molar-refractivity contribution in [1.29, 1.82) is 0 Å². The number of nitrogens with one attached hydrogen (secondary N) is 2. The topological polar surface area (TPSA) is 50.4 Å². The minimum Gasteiger partial charge on any atom is -0.358 e. The predicted molar refractivity (Wildman–Crippen MR) is 67.6 cm³/mol. The van der Waals surface area contributed by atoms with E-state index in [-0.39, 0.29) is 12.3 Å². The quantitative estimate of drug-likeness (QED) is 0.870. The molecule has 1 heterocycles. The second kappa shape index (κ2) is 5.58. The van der Waals surface area contributed by atoms with Gasteiger partial charge in [0.2, 0.25) is 0 Å². The van der Waals surface area contributed by atoms with Crippen molar-refractivity contribution in [2.75, 3.05) is 11.9 Å². The number of urea groups is 1. The van der Waals surface area contributed by atoms with Gasteiger partial charge in [0.1, 0.15) is 6.23 Å². The molecule has 0 bridgehead atoms. The average Bonchev–Trinajstić information content (AvgIpc) is 2.77. The standard InChI is InChI=1S/C11H12Cl2N2O2/c12-7-3-1-4-8(10(7)13)14-11(16)15-9-5-2-6-17-9/h1,3-4,9H,2,5-6H2,(H2,14,15,16). The smallest absolute Gasteiger partial charge is 0.321 e. The zero-order valence-corrected chi connectivity index (χ0v) is 10.5. The third-order valence-electron chi connectivity index (χ3n) is 2.42. The molecular formula is C11H12Cl2N2O2. The number of rotatable bonds is 2. The molecule has 6 heteroatoms. The third-order valence-corrected chi connectivity index (χ3v) is 3.24. The molecule has 17 heavy (non-hydrogen) atoms. The van der Waals surface area contributed by atoms with Crippen LogP contribution in [0.3, 0.4) is 0 Å². The Labute approximate surface area is 109 Å². The number of carbonyl (C=O) groups excluding carboxylic acids is 1. The van der Waals surface area contributed by atoms with E-state index in [4.69, 9.17) is 27.9 Å². The van der Waals surface area contributed by atoms with E-state index in [0.717, 1.165) is 12.8 Å². The van der Waals surface area contributed by atoms with Gasteiger partial charge in [0.15, 0.2) is 0 Å². The van der Waals surface area contributed by atoms with E-state index in [1.807, 2.05) is 0 Å². The number of carbonyl (C=O) groups is 1. The lowest BCUT2D eigenvalue weighted by Crippen LogP contribution is -2.37. The number of anilines is 1. The molecule has 1 fully saturated rings. The Morgan fingerprint density at radius 2 is 2.24 bits per heavy atom. The van der Waals surface area contributed by atoms with Crippen LogP contribution in [0.2, 0.25) is 10.0 Å². The number of halogens is 2. The number of hydrogen-bond acceptors (Lipinski definition) is 2. The molecule has 92 valence electrons. The first-order valence-corrected chi connectivity index (χ1v) is 6.05. The van der Waals surface area contributed by atoms with Crippen molar-refractivity contribution >= 4 is 34.9 Å².